The van der Waals surface area contributed by atoms with Crippen molar-refractivity contribution >= 4 is 17.8 Å². The van der Waals surface area contributed by atoms with Crippen molar-refractivity contribution in [3.63, 3.8) is 0 Å². The summed E-state index contributed by atoms with van der Waals surface area (Å²) in [6.45, 7) is 5.06. The van der Waals surface area contributed by atoms with Crippen LogP contribution >= 0.6 is 0 Å². The molecule has 0 radical (unpaired) electrons. The van der Waals surface area contributed by atoms with Gasteiger partial charge in [0.05, 0.1) is 11.8 Å². The van der Waals surface area contributed by atoms with Crippen LogP contribution in [-0.2, 0) is 14.4 Å². The Bertz CT molecular complexity index is 527. The summed E-state index contributed by atoms with van der Waals surface area (Å²) in [5.74, 6) is -0.831. The summed E-state index contributed by atoms with van der Waals surface area (Å²) in [4.78, 5) is 40.0. The number of carbonyl (C=O) groups is 3. The van der Waals surface area contributed by atoms with Gasteiger partial charge in [0, 0.05) is 31.6 Å². The molecular weight excluding hydrogens is 308 g/mol. The Kier molecular flexibility index (Phi) is 4.83. The Morgan fingerprint density at radius 1 is 1.08 bits per heavy atom. The first-order chi connectivity index (χ1) is 11.4. The van der Waals surface area contributed by atoms with Crippen LogP contribution in [-0.4, -0.2) is 57.9 Å². The minimum absolute atomic E-state index is 0.0359. The smallest absolute Gasteiger partial charge is 0.308 e. The van der Waals surface area contributed by atoms with E-state index in [1.807, 2.05) is 4.90 Å². The molecule has 1 N–H and O–H groups in total. The second-order valence-corrected chi connectivity index (χ2v) is 7.87. The molecule has 0 aromatic rings. The molecule has 2 heterocycles. The van der Waals surface area contributed by atoms with Gasteiger partial charge in [-0.25, -0.2) is 0 Å². The molecule has 2 aliphatic heterocycles. The molecule has 0 bridgehead atoms. The number of hydrogen-bond acceptors (Lipinski definition) is 3. The highest BCUT2D eigenvalue weighted by atomic mass is 16.4. The van der Waals surface area contributed by atoms with E-state index in [2.05, 4.69) is 6.92 Å². The van der Waals surface area contributed by atoms with Gasteiger partial charge < -0.3 is 14.9 Å². The standard InChI is InChI=1S/C18H28N2O4/c1-11-3-5-14(6-4-11)20-10-13(9-16(20)21)17(22)19-8-7-15(12(19)2)18(23)24/h11-15H,3-10H2,1-2H3,(H,23,24). The Morgan fingerprint density at radius 3 is 2.33 bits per heavy atom. The van der Waals surface area contributed by atoms with Gasteiger partial charge in [-0.15, -0.1) is 0 Å². The fourth-order valence-corrected chi connectivity index (χ4v) is 4.62. The summed E-state index contributed by atoms with van der Waals surface area (Å²) in [6, 6.07) is 0.00366. The largest absolute Gasteiger partial charge is 0.481 e. The van der Waals surface area contributed by atoms with Crippen molar-refractivity contribution in [2.45, 2.75) is 64.5 Å². The van der Waals surface area contributed by atoms with Crippen LogP contribution < -0.4 is 0 Å². The zero-order chi connectivity index (χ0) is 17.4. The highest BCUT2D eigenvalue weighted by Crippen LogP contribution is 2.33. The van der Waals surface area contributed by atoms with Gasteiger partial charge in [0.15, 0.2) is 0 Å². The maximum Gasteiger partial charge on any atom is 0.308 e. The molecule has 1 saturated carbocycles. The van der Waals surface area contributed by atoms with Gasteiger partial charge in [-0.1, -0.05) is 6.92 Å². The van der Waals surface area contributed by atoms with Gasteiger partial charge in [0.2, 0.25) is 11.8 Å². The Balaban J connectivity index is 1.61. The highest BCUT2D eigenvalue weighted by Gasteiger charge is 2.44. The topological polar surface area (TPSA) is 77.9 Å². The van der Waals surface area contributed by atoms with Crippen molar-refractivity contribution in [2.75, 3.05) is 13.1 Å². The minimum atomic E-state index is -0.835. The van der Waals surface area contributed by atoms with Gasteiger partial charge >= 0.3 is 5.97 Å². The quantitative estimate of drug-likeness (QED) is 0.851. The fourth-order valence-electron chi connectivity index (χ4n) is 4.62. The third kappa shape index (κ3) is 3.15. The molecular formula is C18H28N2O4. The van der Waals surface area contributed by atoms with Crippen molar-refractivity contribution in [3.8, 4) is 0 Å². The normalized spacial score (nSPS) is 37.1. The van der Waals surface area contributed by atoms with Crippen LogP contribution in [0.5, 0.6) is 0 Å². The number of carboxylic acid groups (broad SMARTS) is 1. The first-order valence-electron chi connectivity index (χ1n) is 9.21. The van der Waals surface area contributed by atoms with Crippen LogP contribution in [0.2, 0.25) is 0 Å². The molecule has 0 aromatic heterocycles. The number of carboxylic acids is 1. The van der Waals surface area contributed by atoms with Crippen molar-refractivity contribution in [1.29, 1.82) is 0 Å². The van der Waals surface area contributed by atoms with Gasteiger partial charge in [-0.05, 0) is 44.9 Å². The molecule has 3 fully saturated rings. The molecule has 6 heteroatoms. The second-order valence-electron chi connectivity index (χ2n) is 7.87. The molecule has 134 valence electrons. The lowest BCUT2D eigenvalue weighted by Gasteiger charge is -2.34. The summed E-state index contributed by atoms with van der Waals surface area (Å²) >= 11 is 0. The van der Waals surface area contributed by atoms with E-state index in [0.717, 1.165) is 31.6 Å². The first-order valence-corrected chi connectivity index (χ1v) is 9.21. The Hall–Kier alpha value is -1.59. The third-order valence-electron chi connectivity index (χ3n) is 6.29. The van der Waals surface area contributed by atoms with Gasteiger partial charge in [-0.3, -0.25) is 14.4 Å². The second kappa shape index (κ2) is 6.73. The van der Waals surface area contributed by atoms with E-state index < -0.39 is 11.9 Å². The molecule has 6 nitrogen and oxygen atoms in total. The zero-order valence-corrected chi connectivity index (χ0v) is 14.6. The molecule has 3 rings (SSSR count). The van der Waals surface area contributed by atoms with Gasteiger partial charge in [0.25, 0.3) is 0 Å². The third-order valence-corrected chi connectivity index (χ3v) is 6.29. The van der Waals surface area contributed by atoms with E-state index in [9.17, 15) is 19.5 Å². The van der Waals surface area contributed by atoms with Crippen LogP contribution in [0.25, 0.3) is 0 Å². The summed E-state index contributed by atoms with van der Waals surface area (Å²) in [6.07, 6.45) is 5.16. The minimum Gasteiger partial charge on any atom is -0.481 e. The van der Waals surface area contributed by atoms with Crippen molar-refractivity contribution in [2.24, 2.45) is 17.8 Å². The molecule has 3 aliphatic rings. The molecule has 3 atom stereocenters. The van der Waals surface area contributed by atoms with Crippen LogP contribution in [0.4, 0.5) is 0 Å². The van der Waals surface area contributed by atoms with Gasteiger partial charge in [-0.2, -0.15) is 0 Å². The Labute approximate surface area is 143 Å². The maximum atomic E-state index is 12.8. The van der Waals surface area contributed by atoms with Crippen LogP contribution in [0.1, 0.15) is 52.4 Å². The molecule has 3 unspecified atom stereocenters. The van der Waals surface area contributed by atoms with Crippen LogP contribution in [0.15, 0.2) is 0 Å². The molecule has 0 aromatic carbocycles. The SMILES string of the molecule is CC1CCC(N2CC(C(=O)N3CCC(C(=O)O)C3C)CC2=O)CC1. The van der Waals surface area contributed by atoms with Crippen molar-refractivity contribution in [3.05, 3.63) is 0 Å². The van der Waals surface area contributed by atoms with E-state index in [0.29, 0.717) is 19.5 Å². The predicted molar refractivity (Wildman–Crippen MR) is 88.2 cm³/mol. The van der Waals surface area contributed by atoms with E-state index in [4.69, 9.17) is 0 Å². The number of carbonyl (C=O) groups excluding carboxylic acids is 2. The first kappa shape index (κ1) is 17.2. The van der Waals surface area contributed by atoms with E-state index in [1.165, 1.54) is 0 Å². The van der Waals surface area contributed by atoms with Crippen molar-refractivity contribution < 1.29 is 19.5 Å². The number of likely N-dealkylation sites (tertiary alicyclic amines) is 2. The lowest BCUT2D eigenvalue weighted by atomic mass is 9.86. The van der Waals surface area contributed by atoms with Crippen molar-refractivity contribution in [1.82, 2.24) is 9.80 Å². The molecule has 2 saturated heterocycles. The molecule has 0 spiro atoms. The number of aliphatic carboxylic acids is 1. The molecule has 24 heavy (non-hydrogen) atoms. The zero-order valence-electron chi connectivity index (χ0n) is 14.6. The summed E-state index contributed by atoms with van der Waals surface area (Å²) in [5, 5.41) is 9.22. The Morgan fingerprint density at radius 2 is 1.75 bits per heavy atom. The maximum absolute atomic E-state index is 12.8. The van der Waals surface area contributed by atoms with E-state index in [-0.39, 0.29) is 36.2 Å². The average Bonchev–Trinajstić information content (AvgIpc) is 3.11. The molecule has 2 amide bonds. The number of nitrogens with zero attached hydrogens (tertiary/aromatic N) is 2. The van der Waals surface area contributed by atoms with Gasteiger partial charge in [0.1, 0.15) is 0 Å². The lowest BCUT2D eigenvalue weighted by molar-refractivity contribution is -0.143. The highest BCUT2D eigenvalue weighted by molar-refractivity contribution is 5.90. The van der Waals surface area contributed by atoms with Crippen LogP contribution in [0.3, 0.4) is 0 Å². The summed E-state index contributed by atoms with van der Waals surface area (Å²) in [5.41, 5.74) is 0. The monoisotopic (exact) mass is 336 g/mol. The summed E-state index contributed by atoms with van der Waals surface area (Å²) < 4.78 is 0. The molecule has 1 aliphatic carbocycles. The van der Waals surface area contributed by atoms with E-state index >= 15 is 0 Å². The summed E-state index contributed by atoms with van der Waals surface area (Å²) in [7, 11) is 0. The predicted octanol–water partition coefficient (Wildman–Crippen LogP) is 1.74. The number of rotatable bonds is 3. The van der Waals surface area contributed by atoms with Crippen LogP contribution in [0, 0.1) is 17.8 Å². The number of amides is 2. The average molecular weight is 336 g/mol. The number of hydrogen-bond donors (Lipinski definition) is 1. The lowest BCUT2D eigenvalue weighted by Crippen LogP contribution is -2.43. The van der Waals surface area contributed by atoms with E-state index in [1.54, 1.807) is 11.8 Å². The fraction of sp³-hybridized carbons (Fsp3) is 0.833.